The van der Waals surface area contributed by atoms with E-state index in [0.29, 0.717) is 12.8 Å². The fourth-order valence-corrected chi connectivity index (χ4v) is 2.88. The van der Waals surface area contributed by atoms with Crippen LogP contribution in [0, 0.1) is 0 Å². The van der Waals surface area contributed by atoms with E-state index in [4.69, 9.17) is 5.73 Å². The molecule has 0 saturated heterocycles. The Bertz CT molecular complexity index is 624. The van der Waals surface area contributed by atoms with Crippen LogP contribution in [0.2, 0.25) is 0 Å². The van der Waals surface area contributed by atoms with Crippen LogP contribution in [0.1, 0.15) is 30.0 Å². The summed E-state index contributed by atoms with van der Waals surface area (Å²) in [5.41, 5.74) is 9.58. The topological polar surface area (TPSA) is 46.3 Å². The maximum absolute atomic E-state index is 12.4. The predicted molar refractivity (Wildman–Crippen MR) is 85.1 cm³/mol. The van der Waals surface area contributed by atoms with Crippen LogP contribution in [0.15, 0.2) is 54.6 Å². The smallest absolute Gasteiger partial charge is 0.227 e. The van der Waals surface area contributed by atoms with E-state index >= 15 is 0 Å². The van der Waals surface area contributed by atoms with Crippen molar-refractivity contribution in [3.63, 3.8) is 0 Å². The standard InChI is InChI=1S/C18H20N2O/c19-16(14-6-2-1-3-7-14)10-11-18(21)20-13-12-15-8-4-5-9-17(15)20/h1-9,16H,10-13,19H2. The Labute approximate surface area is 125 Å². The fraction of sp³-hybridized carbons (Fsp3) is 0.278. The van der Waals surface area contributed by atoms with Crippen molar-refractivity contribution in [2.45, 2.75) is 25.3 Å². The fourth-order valence-electron chi connectivity index (χ4n) is 2.88. The van der Waals surface area contributed by atoms with Crippen LogP contribution in [0.3, 0.4) is 0 Å². The Hall–Kier alpha value is -2.13. The van der Waals surface area contributed by atoms with Crippen molar-refractivity contribution in [3.05, 3.63) is 65.7 Å². The molecule has 0 spiro atoms. The Morgan fingerprint density at radius 2 is 1.81 bits per heavy atom. The van der Waals surface area contributed by atoms with Gasteiger partial charge in [-0.1, -0.05) is 48.5 Å². The van der Waals surface area contributed by atoms with Gasteiger partial charge in [0.1, 0.15) is 0 Å². The minimum Gasteiger partial charge on any atom is -0.324 e. The largest absolute Gasteiger partial charge is 0.324 e. The van der Waals surface area contributed by atoms with Crippen molar-refractivity contribution in [1.29, 1.82) is 0 Å². The summed E-state index contributed by atoms with van der Waals surface area (Å²) >= 11 is 0. The number of fused-ring (bicyclic) bond motifs is 1. The molecule has 3 nitrogen and oxygen atoms in total. The van der Waals surface area contributed by atoms with E-state index in [9.17, 15) is 4.79 Å². The molecule has 0 aliphatic carbocycles. The highest BCUT2D eigenvalue weighted by molar-refractivity contribution is 5.95. The molecule has 2 aromatic rings. The maximum atomic E-state index is 12.4. The van der Waals surface area contributed by atoms with Crippen LogP contribution < -0.4 is 10.6 Å². The third kappa shape index (κ3) is 2.98. The number of carbonyl (C=O) groups is 1. The molecule has 1 unspecified atom stereocenters. The molecular formula is C18H20N2O. The van der Waals surface area contributed by atoms with E-state index in [1.807, 2.05) is 53.4 Å². The summed E-state index contributed by atoms with van der Waals surface area (Å²) in [6.07, 6.45) is 2.12. The van der Waals surface area contributed by atoms with Gasteiger partial charge in [0.25, 0.3) is 0 Å². The highest BCUT2D eigenvalue weighted by Gasteiger charge is 2.24. The molecule has 0 bridgehead atoms. The first kappa shape index (κ1) is 13.8. The van der Waals surface area contributed by atoms with Crippen molar-refractivity contribution in [1.82, 2.24) is 0 Å². The van der Waals surface area contributed by atoms with Gasteiger partial charge in [-0.15, -0.1) is 0 Å². The molecule has 1 amide bonds. The summed E-state index contributed by atoms with van der Waals surface area (Å²) in [6.45, 7) is 0.790. The summed E-state index contributed by atoms with van der Waals surface area (Å²) in [5.74, 6) is 0.173. The second-order valence-electron chi connectivity index (χ2n) is 5.48. The van der Waals surface area contributed by atoms with E-state index in [2.05, 4.69) is 6.07 Å². The second kappa shape index (κ2) is 6.10. The Kier molecular flexibility index (Phi) is 4.02. The lowest BCUT2D eigenvalue weighted by Crippen LogP contribution is -2.29. The van der Waals surface area contributed by atoms with Crippen molar-refractivity contribution in [2.24, 2.45) is 5.73 Å². The monoisotopic (exact) mass is 280 g/mol. The Morgan fingerprint density at radius 3 is 2.62 bits per heavy atom. The van der Waals surface area contributed by atoms with Gasteiger partial charge < -0.3 is 10.6 Å². The van der Waals surface area contributed by atoms with E-state index in [-0.39, 0.29) is 11.9 Å². The van der Waals surface area contributed by atoms with Crippen molar-refractivity contribution in [3.8, 4) is 0 Å². The molecule has 1 aliphatic rings. The lowest BCUT2D eigenvalue weighted by molar-refractivity contribution is -0.118. The zero-order chi connectivity index (χ0) is 14.7. The molecular weight excluding hydrogens is 260 g/mol. The van der Waals surface area contributed by atoms with E-state index < -0.39 is 0 Å². The van der Waals surface area contributed by atoms with Gasteiger partial charge in [0.05, 0.1) is 0 Å². The lowest BCUT2D eigenvalue weighted by Gasteiger charge is -2.19. The predicted octanol–water partition coefficient (Wildman–Crippen LogP) is 3.06. The Balaban J connectivity index is 1.61. The number of carbonyl (C=O) groups excluding carboxylic acids is 1. The molecule has 0 saturated carbocycles. The number of rotatable bonds is 4. The van der Waals surface area contributed by atoms with Crippen LogP contribution >= 0.6 is 0 Å². The van der Waals surface area contributed by atoms with Gasteiger partial charge in [-0.2, -0.15) is 0 Å². The van der Waals surface area contributed by atoms with Gasteiger partial charge in [0.2, 0.25) is 5.91 Å². The first-order chi connectivity index (χ1) is 10.3. The summed E-state index contributed by atoms with van der Waals surface area (Å²) in [7, 11) is 0. The molecule has 3 rings (SSSR count). The van der Waals surface area contributed by atoms with E-state index in [1.54, 1.807) is 0 Å². The maximum Gasteiger partial charge on any atom is 0.227 e. The third-order valence-corrected chi connectivity index (χ3v) is 4.09. The molecule has 0 radical (unpaired) electrons. The van der Waals surface area contributed by atoms with Crippen LogP contribution in [-0.4, -0.2) is 12.5 Å². The third-order valence-electron chi connectivity index (χ3n) is 4.09. The molecule has 3 heteroatoms. The number of hydrogen-bond acceptors (Lipinski definition) is 2. The minimum atomic E-state index is -0.0759. The van der Waals surface area contributed by atoms with Gasteiger partial charge in [0.15, 0.2) is 0 Å². The molecule has 2 aromatic carbocycles. The second-order valence-corrected chi connectivity index (χ2v) is 5.48. The number of para-hydroxylation sites is 1. The van der Waals surface area contributed by atoms with Gasteiger partial charge in [0, 0.05) is 24.7 Å². The van der Waals surface area contributed by atoms with Crippen molar-refractivity contribution >= 4 is 11.6 Å². The van der Waals surface area contributed by atoms with Crippen LogP contribution in [0.5, 0.6) is 0 Å². The lowest BCUT2D eigenvalue weighted by atomic mass is 10.0. The summed E-state index contributed by atoms with van der Waals surface area (Å²) in [5, 5.41) is 0. The highest BCUT2D eigenvalue weighted by Crippen LogP contribution is 2.28. The first-order valence-corrected chi connectivity index (χ1v) is 7.44. The zero-order valence-electron chi connectivity index (χ0n) is 12.0. The number of amides is 1. The zero-order valence-corrected chi connectivity index (χ0v) is 12.0. The molecule has 0 fully saturated rings. The minimum absolute atomic E-state index is 0.0759. The summed E-state index contributed by atoms with van der Waals surface area (Å²) in [6, 6.07) is 18.0. The Morgan fingerprint density at radius 1 is 1.10 bits per heavy atom. The molecule has 108 valence electrons. The average molecular weight is 280 g/mol. The quantitative estimate of drug-likeness (QED) is 0.935. The molecule has 1 heterocycles. The normalized spacial score (nSPS) is 14.8. The van der Waals surface area contributed by atoms with Crippen LogP contribution in [0.25, 0.3) is 0 Å². The van der Waals surface area contributed by atoms with E-state index in [0.717, 1.165) is 24.2 Å². The molecule has 2 N–H and O–H groups in total. The number of nitrogens with zero attached hydrogens (tertiary/aromatic N) is 1. The number of benzene rings is 2. The highest BCUT2D eigenvalue weighted by atomic mass is 16.2. The molecule has 0 aromatic heterocycles. The van der Waals surface area contributed by atoms with Gasteiger partial charge in [-0.05, 0) is 30.0 Å². The van der Waals surface area contributed by atoms with Crippen molar-refractivity contribution in [2.75, 3.05) is 11.4 Å². The van der Waals surface area contributed by atoms with Crippen LogP contribution in [0.4, 0.5) is 5.69 Å². The number of anilines is 1. The van der Waals surface area contributed by atoms with Gasteiger partial charge in [-0.3, -0.25) is 4.79 Å². The molecule has 1 aliphatic heterocycles. The summed E-state index contributed by atoms with van der Waals surface area (Å²) in [4.78, 5) is 14.3. The average Bonchev–Trinajstić information content (AvgIpc) is 2.97. The van der Waals surface area contributed by atoms with E-state index in [1.165, 1.54) is 5.56 Å². The van der Waals surface area contributed by atoms with Crippen LogP contribution in [-0.2, 0) is 11.2 Å². The SMILES string of the molecule is NC(CCC(=O)N1CCc2ccccc21)c1ccccc1. The molecule has 1 atom stereocenters. The van der Waals surface area contributed by atoms with Gasteiger partial charge in [-0.25, -0.2) is 0 Å². The summed E-state index contributed by atoms with van der Waals surface area (Å²) < 4.78 is 0. The van der Waals surface area contributed by atoms with Crippen molar-refractivity contribution < 1.29 is 4.79 Å². The molecule has 21 heavy (non-hydrogen) atoms. The number of hydrogen-bond donors (Lipinski definition) is 1. The van der Waals surface area contributed by atoms with Gasteiger partial charge >= 0.3 is 0 Å². The first-order valence-electron chi connectivity index (χ1n) is 7.44. The number of nitrogens with two attached hydrogens (primary N) is 1.